The zero-order valence-corrected chi connectivity index (χ0v) is 15.7. The van der Waals surface area contributed by atoms with E-state index in [4.69, 9.17) is 8.85 Å². The summed E-state index contributed by atoms with van der Waals surface area (Å²) in [6, 6.07) is 0. The molecule has 0 aliphatic heterocycles. The molecular formula is C13H30O3Si2. The molecule has 0 radical (unpaired) electrons. The standard InChI is InChI=1S/C13H30O3Si2/c1-7-8-11(10(2)9-14)13(3,4)12(15-17-5)16-18-6/h9-12H,7-8,17-18H2,1-6H3. The van der Waals surface area contributed by atoms with Crippen molar-refractivity contribution in [3.05, 3.63) is 0 Å². The Balaban J connectivity index is 5.01. The Morgan fingerprint density at radius 3 is 2.06 bits per heavy atom. The number of hydrogen-bond donors (Lipinski definition) is 0. The first-order chi connectivity index (χ1) is 8.45. The lowest BCUT2D eigenvalue weighted by Crippen LogP contribution is -2.44. The third kappa shape index (κ3) is 4.95. The smallest absolute Gasteiger partial charge is 0.161 e. The minimum Gasteiger partial charge on any atom is -0.400 e. The second-order valence-corrected chi connectivity index (χ2v) is 7.28. The van der Waals surface area contributed by atoms with E-state index in [9.17, 15) is 4.79 Å². The summed E-state index contributed by atoms with van der Waals surface area (Å²) in [5.74, 6) is 0.387. The number of carbonyl (C=O) groups is 1. The van der Waals surface area contributed by atoms with Crippen LogP contribution in [-0.2, 0) is 13.6 Å². The van der Waals surface area contributed by atoms with Crippen molar-refractivity contribution in [2.24, 2.45) is 17.3 Å². The molecule has 0 N–H and O–H groups in total. The zero-order chi connectivity index (χ0) is 14.2. The number of rotatable bonds is 10. The number of hydrogen-bond acceptors (Lipinski definition) is 3. The molecule has 2 atom stereocenters. The molecule has 0 spiro atoms. The maximum Gasteiger partial charge on any atom is 0.161 e. The summed E-state index contributed by atoms with van der Waals surface area (Å²) < 4.78 is 11.8. The summed E-state index contributed by atoms with van der Waals surface area (Å²) >= 11 is 0. The van der Waals surface area contributed by atoms with Crippen LogP contribution in [0, 0.1) is 17.3 Å². The quantitative estimate of drug-likeness (QED) is 0.350. The largest absolute Gasteiger partial charge is 0.400 e. The molecule has 0 fully saturated rings. The van der Waals surface area contributed by atoms with E-state index in [-0.39, 0.29) is 17.6 Å². The molecule has 0 aromatic heterocycles. The Morgan fingerprint density at radius 2 is 1.72 bits per heavy atom. The van der Waals surface area contributed by atoms with Crippen molar-refractivity contribution in [3.63, 3.8) is 0 Å². The van der Waals surface area contributed by atoms with Crippen molar-refractivity contribution >= 4 is 25.8 Å². The van der Waals surface area contributed by atoms with Crippen LogP contribution in [0.25, 0.3) is 0 Å². The first kappa shape index (κ1) is 18.0. The normalized spacial score (nSPS) is 18.6. The maximum absolute atomic E-state index is 11.1. The highest BCUT2D eigenvalue weighted by molar-refractivity contribution is 6.26. The summed E-state index contributed by atoms with van der Waals surface area (Å²) in [6.45, 7) is 12.8. The van der Waals surface area contributed by atoms with E-state index in [1.807, 2.05) is 6.92 Å². The summed E-state index contributed by atoms with van der Waals surface area (Å²) in [4.78, 5) is 11.1. The zero-order valence-electron chi connectivity index (χ0n) is 12.9. The topological polar surface area (TPSA) is 35.5 Å². The molecular weight excluding hydrogens is 260 g/mol. The summed E-state index contributed by atoms with van der Waals surface area (Å²) in [5.41, 5.74) is -0.0949. The molecule has 0 saturated heterocycles. The van der Waals surface area contributed by atoms with Gasteiger partial charge in [0.2, 0.25) is 0 Å². The molecule has 0 amide bonds. The van der Waals surface area contributed by atoms with Gasteiger partial charge in [-0.3, -0.25) is 0 Å². The van der Waals surface area contributed by atoms with Gasteiger partial charge in [0.05, 0.1) is 0 Å². The van der Waals surface area contributed by atoms with Gasteiger partial charge in [-0.1, -0.05) is 47.2 Å². The van der Waals surface area contributed by atoms with Crippen LogP contribution in [0.15, 0.2) is 0 Å². The molecule has 0 aliphatic carbocycles. The van der Waals surface area contributed by atoms with Crippen LogP contribution in [0.1, 0.15) is 40.5 Å². The predicted octanol–water partition coefficient (Wildman–Crippen LogP) is 1.89. The molecule has 3 nitrogen and oxygen atoms in total. The Hall–Kier alpha value is 0.0238. The Morgan fingerprint density at radius 1 is 1.22 bits per heavy atom. The SMILES string of the molecule is CCCC(C(C)C=O)C(C)(C)C(O[SiH2]C)O[SiH2]C. The third-order valence-corrected chi connectivity index (χ3v) is 4.92. The van der Waals surface area contributed by atoms with Crippen LogP contribution in [0.3, 0.4) is 0 Å². The third-order valence-electron chi connectivity index (χ3n) is 3.65. The summed E-state index contributed by atoms with van der Waals surface area (Å²) in [6.07, 6.45) is 3.09. The van der Waals surface area contributed by atoms with E-state index < -0.39 is 19.5 Å². The number of carbonyl (C=O) groups excluding carboxylic acids is 1. The van der Waals surface area contributed by atoms with Crippen LogP contribution >= 0.6 is 0 Å². The highest BCUT2D eigenvalue weighted by atomic mass is 28.2. The van der Waals surface area contributed by atoms with E-state index in [1.165, 1.54) is 0 Å². The molecule has 2 unspecified atom stereocenters. The van der Waals surface area contributed by atoms with Crippen LogP contribution in [0.5, 0.6) is 0 Å². The van der Waals surface area contributed by atoms with E-state index >= 15 is 0 Å². The monoisotopic (exact) mass is 290 g/mol. The van der Waals surface area contributed by atoms with Gasteiger partial charge >= 0.3 is 0 Å². The van der Waals surface area contributed by atoms with E-state index in [2.05, 4.69) is 33.9 Å². The van der Waals surface area contributed by atoms with E-state index in [0.29, 0.717) is 5.92 Å². The molecule has 5 heteroatoms. The van der Waals surface area contributed by atoms with Crippen LogP contribution in [-0.4, -0.2) is 32.1 Å². The molecule has 0 saturated carbocycles. The maximum atomic E-state index is 11.1. The molecule has 0 aliphatic rings. The minimum atomic E-state index is -0.501. The summed E-state index contributed by atoms with van der Waals surface area (Å²) in [5, 5.41) is 0. The Labute approximate surface area is 117 Å². The van der Waals surface area contributed by atoms with Gasteiger partial charge in [-0.15, -0.1) is 0 Å². The van der Waals surface area contributed by atoms with Crippen molar-refractivity contribution in [3.8, 4) is 0 Å². The van der Waals surface area contributed by atoms with Gasteiger partial charge < -0.3 is 13.6 Å². The van der Waals surface area contributed by atoms with Gasteiger partial charge in [0.25, 0.3) is 0 Å². The fourth-order valence-corrected chi connectivity index (χ4v) is 4.52. The average molecular weight is 291 g/mol. The first-order valence-electron chi connectivity index (χ1n) is 7.14. The lowest BCUT2D eigenvalue weighted by molar-refractivity contribution is -0.128. The molecule has 0 heterocycles. The fourth-order valence-electron chi connectivity index (χ4n) is 2.67. The van der Waals surface area contributed by atoms with Crippen molar-refractivity contribution in [2.75, 3.05) is 0 Å². The van der Waals surface area contributed by atoms with Gasteiger partial charge in [-0.25, -0.2) is 0 Å². The lowest BCUT2D eigenvalue weighted by atomic mass is 9.70. The van der Waals surface area contributed by atoms with Crippen molar-refractivity contribution in [1.29, 1.82) is 0 Å². The number of aldehydes is 1. The fraction of sp³-hybridized carbons (Fsp3) is 0.923. The minimum absolute atomic E-state index is 0.0618. The van der Waals surface area contributed by atoms with Gasteiger partial charge in [0.15, 0.2) is 19.5 Å². The highest BCUT2D eigenvalue weighted by Crippen LogP contribution is 2.40. The molecule has 18 heavy (non-hydrogen) atoms. The van der Waals surface area contributed by atoms with E-state index in [0.717, 1.165) is 19.1 Å². The van der Waals surface area contributed by atoms with E-state index in [1.54, 1.807) is 0 Å². The van der Waals surface area contributed by atoms with Crippen molar-refractivity contribution in [2.45, 2.75) is 59.9 Å². The van der Waals surface area contributed by atoms with Gasteiger partial charge in [0, 0.05) is 11.3 Å². The molecule has 0 rings (SSSR count). The van der Waals surface area contributed by atoms with Crippen LogP contribution in [0.2, 0.25) is 13.1 Å². The molecule has 0 aromatic rings. The average Bonchev–Trinajstić information content (AvgIpc) is 2.34. The Bertz CT molecular complexity index is 228. The molecule has 108 valence electrons. The molecule has 0 bridgehead atoms. The lowest BCUT2D eigenvalue weighted by Gasteiger charge is -2.42. The second kappa shape index (κ2) is 9.01. The molecule has 0 aromatic carbocycles. The predicted molar refractivity (Wildman–Crippen MR) is 82.2 cm³/mol. The first-order valence-corrected chi connectivity index (χ1v) is 11.1. The van der Waals surface area contributed by atoms with Crippen molar-refractivity contribution < 1.29 is 13.6 Å². The van der Waals surface area contributed by atoms with Gasteiger partial charge in [0.1, 0.15) is 12.6 Å². The Kier molecular flexibility index (Phi) is 9.02. The summed E-state index contributed by atoms with van der Waals surface area (Å²) in [7, 11) is -1.00. The van der Waals surface area contributed by atoms with Crippen LogP contribution in [0.4, 0.5) is 0 Å². The van der Waals surface area contributed by atoms with Gasteiger partial charge in [-0.05, 0) is 12.3 Å². The van der Waals surface area contributed by atoms with Crippen molar-refractivity contribution in [1.82, 2.24) is 0 Å². The highest BCUT2D eigenvalue weighted by Gasteiger charge is 2.40. The second-order valence-electron chi connectivity index (χ2n) is 5.45. The van der Waals surface area contributed by atoms with Crippen LogP contribution < -0.4 is 0 Å². The van der Waals surface area contributed by atoms with Gasteiger partial charge in [-0.2, -0.15) is 0 Å².